The Labute approximate surface area is 152 Å². The normalized spacial score (nSPS) is 18.5. The van der Waals surface area contributed by atoms with Crippen molar-refractivity contribution in [2.45, 2.75) is 19.4 Å². The molecule has 0 saturated carbocycles. The van der Waals surface area contributed by atoms with Gasteiger partial charge in [-0.15, -0.1) is 0 Å². The van der Waals surface area contributed by atoms with Gasteiger partial charge in [0, 0.05) is 30.0 Å². The minimum absolute atomic E-state index is 0.0994. The smallest absolute Gasteiger partial charge is 0.255 e. The molecule has 1 amide bonds. The number of nitrogens with zero attached hydrogens (tertiary/aromatic N) is 2. The van der Waals surface area contributed by atoms with Crippen molar-refractivity contribution in [3.63, 3.8) is 0 Å². The fourth-order valence-corrected chi connectivity index (χ4v) is 4.85. The number of rotatable bonds is 5. The van der Waals surface area contributed by atoms with Gasteiger partial charge in [-0.1, -0.05) is 6.07 Å². The number of anilines is 2. The summed E-state index contributed by atoms with van der Waals surface area (Å²) in [7, 11) is -3.01. The maximum Gasteiger partial charge on any atom is 0.255 e. The Bertz CT molecular complexity index is 917. The molecule has 1 aromatic heterocycles. The molecule has 0 bridgehead atoms. The summed E-state index contributed by atoms with van der Waals surface area (Å²) in [6, 6.07) is 8.71. The van der Waals surface area contributed by atoms with Crippen molar-refractivity contribution < 1.29 is 17.6 Å². The topological polar surface area (TPSA) is 79.4 Å². The van der Waals surface area contributed by atoms with Crippen LogP contribution in [0.15, 0.2) is 42.6 Å². The second kappa shape index (κ2) is 7.41. The van der Waals surface area contributed by atoms with Crippen molar-refractivity contribution in [2.24, 2.45) is 0 Å². The molecule has 1 fully saturated rings. The first kappa shape index (κ1) is 18.3. The molecule has 1 aromatic carbocycles. The van der Waals surface area contributed by atoms with Crippen molar-refractivity contribution in [3.05, 3.63) is 54.0 Å². The Morgan fingerprint density at radius 3 is 2.81 bits per heavy atom. The number of aromatic nitrogens is 1. The molecule has 1 aliphatic rings. The standard InChI is InChI=1S/C18H20FN3O3S/c1-2-22(16-7-9-26(24,25)12-16)17-10-13(6-8-20-17)18(23)21-15-5-3-4-14(19)11-15/h3-6,8,10-11,16H,2,7,9,12H2,1H3,(H,21,23). The summed E-state index contributed by atoms with van der Waals surface area (Å²) in [5.41, 5.74) is 0.737. The molecule has 2 aromatic rings. The van der Waals surface area contributed by atoms with E-state index in [1.54, 1.807) is 18.2 Å². The van der Waals surface area contributed by atoms with Gasteiger partial charge in [0.2, 0.25) is 0 Å². The number of hydrogen-bond donors (Lipinski definition) is 1. The third kappa shape index (κ3) is 4.19. The number of pyridine rings is 1. The maximum atomic E-state index is 13.3. The summed E-state index contributed by atoms with van der Waals surface area (Å²) in [4.78, 5) is 18.6. The van der Waals surface area contributed by atoms with Gasteiger partial charge in [0.25, 0.3) is 5.91 Å². The van der Waals surface area contributed by atoms with Gasteiger partial charge in [-0.3, -0.25) is 4.79 Å². The van der Waals surface area contributed by atoms with E-state index in [0.717, 1.165) is 0 Å². The summed E-state index contributed by atoms with van der Waals surface area (Å²) < 4.78 is 36.8. The number of halogens is 1. The molecule has 138 valence electrons. The van der Waals surface area contributed by atoms with Crippen LogP contribution in [-0.2, 0) is 9.84 Å². The molecular formula is C18H20FN3O3S. The highest BCUT2D eigenvalue weighted by atomic mass is 32.2. The summed E-state index contributed by atoms with van der Waals surface area (Å²) in [5, 5.41) is 2.64. The lowest BCUT2D eigenvalue weighted by atomic mass is 10.2. The maximum absolute atomic E-state index is 13.3. The van der Waals surface area contributed by atoms with E-state index in [1.165, 1.54) is 24.4 Å². The van der Waals surface area contributed by atoms with E-state index in [9.17, 15) is 17.6 Å². The molecule has 3 rings (SSSR count). The number of sulfone groups is 1. The minimum atomic E-state index is -3.01. The van der Waals surface area contributed by atoms with Gasteiger partial charge in [0.05, 0.1) is 11.5 Å². The Kier molecular flexibility index (Phi) is 5.22. The molecule has 8 heteroatoms. The van der Waals surface area contributed by atoms with Crippen LogP contribution in [0.5, 0.6) is 0 Å². The lowest BCUT2D eigenvalue weighted by Gasteiger charge is -2.28. The molecule has 1 unspecified atom stereocenters. The monoisotopic (exact) mass is 377 g/mol. The summed E-state index contributed by atoms with van der Waals surface area (Å²) in [5.74, 6) is 0.0181. The molecule has 1 saturated heterocycles. The van der Waals surface area contributed by atoms with Crippen LogP contribution in [0, 0.1) is 5.82 Å². The van der Waals surface area contributed by atoms with Crippen molar-refractivity contribution in [1.29, 1.82) is 0 Å². The molecule has 0 aliphatic carbocycles. The highest BCUT2D eigenvalue weighted by molar-refractivity contribution is 7.91. The zero-order valence-electron chi connectivity index (χ0n) is 14.4. The molecule has 2 heterocycles. The Morgan fingerprint density at radius 1 is 1.35 bits per heavy atom. The van der Waals surface area contributed by atoms with Crippen LogP contribution >= 0.6 is 0 Å². The Hall–Kier alpha value is -2.48. The first-order valence-corrected chi connectivity index (χ1v) is 10.2. The number of amides is 1. The summed E-state index contributed by atoms with van der Waals surface area (Å²) >= 11 is 0. The van der Waals surface area contributed by atoms with E-state index in [2.05, 4.69) is 10.3 Å². The van der Waals surface area contributed by atoms with E-state index in [0.29, 0.717) is 30.0 Å². The summed E-state index contributed by atoms with van der Waals surface area (Å²) in [6.07, 6.45) is 2.07. The quantitative estimate of drug-likeness (QED) is 0.866. The average molecular weight is 377 g/mol. The van der Waals surface area contributed by atoms with Crippen LogP contribution in [0.25, 0.3) is 0 Å². The van der Waals surface area contributed by atoms with Gasteiger partial charge >= 0.3 is 0 Å². The molecule has 6 nitrogen and oxygen atoms in total. The van der Waals surface area contributed by atoms with Gasteiger partial charge in [-0.25, -0.2) is 17.8 Å². The van der Waals surface area contributed by atoms with Gasteiger partial charge in [-0.2, -0.15) is 0 Å². The molecular weight excluding hydrogens is 357 g/mol. The largest absolute Gasteiger partial charge is 0.353 e. The van der Waals surface area contributed by atoms with E-state index >= 15 is 0 Å². The Balaban J connectivity index is 1.79. The van der Waals surface area contributed by atoms with Crippen LogP contribution < -0.4 is 10.2 Å². The van der Waals surface area contributed by atoms with E-state index < -0.39 is 15.7 Å². The lowest BCUT2D eigenvalue weighted by Crippen LogP contribution is -2.36. The first-order valence-electron chi connectivity index (χ1n) is 8.38. The van der Waals surface area contributed by atoms with Crippen LogP contribution in [0.4, 0.5) is 15.9 Å². The predicted molar refractivity (Wildman–Crippen MR) is 98.7 cm³/mol. The van der Waals surface area contributed by atoms with Crippen molar-refractivity contribution >= 4 is 27.2 Å². The zero-order chi connectivity index (χ0) is 18.7. The molecule has 1 aliphatic heterocycles. The second-order valence-electron chi connectivity index (χ2n) is 6.21. The minimum Gasteiger partial charge on any atom is -0.353 e. The zero-order valence-corrected chi connectivity index (χ0v) is 15.2. The van der Waals surface area contributed by atoms with Gasteiger partial charge in [0.15, 0.2) is 9.84 Å². The molecule has 1 N–H and O–H groups in total. The number of nitrogens with one attached hydrogen (secondary N) is 1. The van der Waals surface area contributed by atoms with Crippen molar-refractivity contribution in [1.82, 2.24) is 4.98 Å². The van der Waals surface area contributed by atoms with Crippen molar-refractivity contribution in [3.8, 4) is 0 Å². The van der Waals surface area contributed by atoms with E-state index in [-0.39, 0.29) is 23.5 Å². The molecule has 0 radical (unpaired) electrons. The van der Waals surface area contributed by atoms with Crippen molar-refractivity contribution in [2.75, 3.05) is 28.3 Å². The average Bonchev–Trinajstić information content (AvgIpc) is 2.95. The van der Waals surface area contributed by atoms with Crippen LogP contribution in [0.2, 0.25) is 0 Å². The third-order valence-electron chi connectivity index (χ3n) is 4.37. The molecule has 1 atom stereocenters. The predicted octanol–water partition coefficient (Wildman–Crippen LogP) is 2.49. The number of carbonyl (C=O) groups excluding carboxylic acids is 1. The van der Waals surface area contributed by atoms with E-state index in [4.69, 9.17) is 0 Å². The molecule has 0 spiro atoms. The fourth-order valence-electron chi connectivity index (χ4n) is 3.11. The number of carbonyl (C=O) groups is 1. The number of hydrogen-bond acceptors (Lipinski definition) is 5. The summed E-state index contributed by atoms with van der Waals surface area (Å²) in [6.45, 7) is 2.51. The van der Waals surface area contributed by atoms with Gasteiger partial charge in [0.1, 0.15) is 11.6 Å². The highest BCUT2D eigenvalue weighted by Gasteiger charge is 2.32. The third-order valence-corrected chi connectivity index (χ3v) is 6.12. The number of benzene rings is 1. The van der Waals surface area contributed by atoms with Crippen LogP contribution in [0.1, 0.15) is 23.7 Å². The highest BCUT2D eigenvalue weighted by Crippen LogP contribution is 2.23. The van der Waals surface area contributed by atoms with Crippen LogP contribution in [0.3, 0.4) is 0 Å². The SMILES string of the molecule is CCN(c1cc(C(=O)Nc2cccc(F)c2)ccn1)C1CCS(=O)(=O)C1. The Morgan fingerprint density at radius 2 is 2.15 bits per heavy atom. The fraction of sp³-hybridized carbons (Fsp3) is 0.333. The van der Waals surface area contributed by atoms with Gasteiger partial charge < -0.3 is 10.2 Å². The second-order valence-corrected chi connectivity index (χ2v) is 8.44. The lowest BCUT2D eigenvalue weighted by molar-refractivity contribution is 0.102. The van der Waals surface area contributed by atoms with E-state index in [1.807, 2.05) is 11.8 Å². The van der Waals surface area contributed by atoms with Crippen LogP contribution in [-0.4, -0.2) is 43.4 Å². The molecule has 26 heavy (non-hydrogen) atoms. The van der Waals surface area contributed by atoms with Gasteiger partial charge in [-0.05, 0) is 43.7 Å². The first-order chi connectivity index (χ1) is 12.4.